The van der Waals surface area contributed by atoms with E-state index in [0.717, 1.165) is 23.7 Å². The summed E-state index contributed by atoms with van der Waals surface area (Å²) in [4.78, 5) is 0. The minimum atomic E-state index is 0.0952. The lowest BCUT2D eigenvalue weighted by molar-refractivity contribution is 0.230. The van der Waals surface area contributed by atoms with Crippen LogP contribution in [0.4, 0.5) is 0 Å². The van der Waals surface area contributed by atoms with E-state index < -0.39 is 0 Å². The van der Waals surface area contributed by atoms with Gasteiger partial charge in [-0.3, -0.25) is 0 Å². The molecule has 0 heterocycles. The summed E-state index contributed by atoms with van der Waals surface area (Å²) in [5.74, 6) is 2.59. The summed E-state index contributed by atoms with van der Waals surface area (Å²) in [5.41, 5.74) is 8.37. The van der Waals surface area contributed by atoms with Gasteiger partial charge in [0.15, 0.2) is 11.5 Å². The molecule has 130 valence electrons. The van der Waals surface area contributed by atoms with Crippen molar-refractivity contribution in [2.75, 3.05) is 20.8 Å². The first kappa shape index (κ1) is 18.1. The van der Waals surface area contributed by atoms with Gasteiger partial charge >= 0.3 is 0 Å². The number of methoxy groups -OCH3 is 2. The van der Waals surface area contributed by atoms with E-state index in [1.807, 2.05) is 44.2 Å². The summed E-state index contributed by atoms with van der Waals surface area (Å²) in [6, 6.07) is 14.1. The minimum Gasteiger partial charge on any atom is -0.497 e. The third kappa shape index (κ3) is 4.65. The maximum absolute atomic E-state index is 6.02. The summed E-state index contributed by atoms with van der Waals surface area (Å²) in [5, 5.41) is 0. The molecule has 0 aromatic heterocycles. The Balaban J connectivity index is 2.23. The Morgan fingerprint density at radius 3 is 2.38 bits per heavy atom. The van der Waals surface area contributed by atoms with Crippen LogP contribution in [0, 0.1) is 0 Å². The fourth-order valence-electron chi connectivity index (χ4n) is 2.71. The average Bonchev–Trinajstić information content (AvgIpc) is 2.59. The van der Waals surface area contributed by atoms with Crippen LogP contribution < -0.4 is 19.9 Å². The predicted molar refractivity (Wildman–Crippen MR) is 97.3 cm³/mol. The number of nitrogens with two attached hydrogens (primary N) is 1. The summed E-state index contributed by atoms with van der Waals surface area (Å²) in [7, 11) is 3.33. The number of hydrogen-bond acceptors (Lipinski definition) is 4. The van der Waals surface area contributed by atoms with Gasteiger partial charge in [0, 0.05) is 5.92 Å². The monoisotopic (exact) mass is 329 g/mol. The van der Waals surface area contributed by atoms with Crippen molar-refractivity contribution in [1.82, 2.24) is 0 Å². The third-order valence-electron chi connectivity index (χ3n) is 3.92. The van der Waals surface area contributed by atoms with E-state index >= 15 is 0 Å². The molecule has 24 heavy (non-hydrogen) atoms. The van der Waals surface area contributed by atoms with Crippen molar-refractivity contribution < 1.29 is 14.2 Å². The SMILES string of the molecule is COc1cccc(C(CN)Cc2ccc(OC)c(OC(C)C)c2)c1. The van der Waals surface area contributed by atoms with E-state index in [2.05, 4.69) is 12.1 Å². The van der Waals surface area contributed by atoms with Crippen LogP contribution in [0.1, 0.15) is 30.9 Å². The standard InChI is InChI=1S/C20H27NO3/c1-14(2)24-20-11-15(8-9-19(20)23-4)10-17(13-21)16-6-5-7-18(12-16)22-3/h5-9,11-12,14,17H,10,13,21H2,1-4H3. The fraction of sp³-hybridized carbons (Fsp3) is 0.400. The van der Waals surface area contributed by atoms with Crippen LogP contribution in [-0.4, -0.2) is 26.9 Å². The Morgan fingerprint density at radius 2 is 1.75 bits per heavy atom. The van der Waals surface area contributed by atoms with Gasteiger partial charge in [-0.15, -0.1) is 0 Å². The number of rotatable bonds is 8. The maximum Gasteiger partial charge on any atom is 0.161 e. The summed E-state index contributed by atoms with van der Waals surface area (Å²) in [6.07, 6.45) is 0.931. The van der Waals surface area contributed by atoms with E-state index in [0.29, 0.717) is 6.54 Å². The molecule has 0 fully saturated rings. The summed E-state index contributed by atoms with van der Waals surface area (Å²) in [6.45, 7) is 4.58. The van der Waals surface area contributed by atoms with Crippen LogP contribution >= 0.6 is 0 Å². The molecule has 2 rings (SSSR count). The Labute approximate surface area is 144 Å². The molecule has 1 unspecified atom stereocenters. The van der Waals surface area contributed by atoms with Crippen LogP contribution in [0.2, 0.25) is 0 Å². The van der Waals surface area contributed by atoms with Crippen molar-refractivity contribution in [2.24, 2.45) is 5.73 Å². The molecule has 0 saturated carbocycles. The van der Waals surface area contributed by atoms with Gasteiger partial charge in [0.2, 0.25) is 0 Å². The smallest absolute Gasteiger partial charge is 0.161 e. The zero-order chi connectivity index (χ0) is 17.5. The highest BCUT2D eigenvalue weighted by molar-refractivity contribution is 5.44. The molecule has 0 bridgehead atoms. The normalized spacial score (nSPS) is 12.1. The van der Waals surface area contributed by atoms with E-state index in [1.54, 1.807) is 14.2 Å². The van der Waals surface area contributed by atoms with Gasteiger partial charge in [-0.25, -0.2) is 0 Å². The van der Waals surface area contributed by atoms with Crippen molar-refractivity contribution in [3.63, 3.8) is 0 Å². The minimum absolute atomic E-state index is 0.0952. The average molecular weight is 329 g/mol. The van der Waals surface area contributed by atoms with Gasteiger partial charge in [0.25, 0.3) is 0 Å². The molecule has 0 amide bonds. The lowest BCUT2D eigenvalue weighted by Gasteiger charge is -2.18. The van der Waals surface area contributed by atoms with Gasteiger partial charge in [0.05, 0.1) is 20.3 Å². The second kappa shape index (κ2) is 8.60. The second-order valence-electron chi connectivity index (χ2n) is 6.07. The van der Waals surface area contributed by atoms with Crippen molar-refractivity contribution in [2.45, 2.75) is 32.3 Å². The summed E-state index contributed by atoms with van der Waals surface area (Å²) < 4.78 is 16.6. The number of benzene rings is 2. The molecule has 2 N–H and O–H groups in total. The first-order chi connectivity index (χ1) is 11.6. The van der Waals surface area contributed by atoms with Crippen molar-refractivity contribution in [3.05, 3.63) is 53.6 Å². The third-order valence-corrected chi connectivity index (χ3v) is 3.92. The van der Waals surface area contributed by atoms with Gasteiger partial charge in [-0.2, -0.15) is 0 Å². The van der Waals surface area contributed by atoms with Crippen LogP contribution in [0.15, 0.2) is 42.5 Å². The Kier molecular flexibility index (Phi) is 6.50. The molecular weight excluding hydrogens is 302 g/mol. The van der Waals surface area contributed by atoms with E-state index in [9.17, 15) is 0 Å². The number of ether oxygens (including phenoxy) is 3. The van der Waals surface area contributed by atoms with Crippen LogP contribution in [0.3, 0.4) is 0 Å². The van der Waals surface area contributed by atoms with E-state index in [4.69, 9.17) is 19.9 Å². The van der Waals surface area contributed by atoms with Crippen molar-refractivity contribution >= 4 is 0 Å². The topological polar surface area (TPSA) is 53.7 Å². The second-order valence-corrected chi connectivity index (χ2v) is 6.07. The Hall–Kier alpha value is -2.20. The molecular formula is C20H27NO3. The summed E-state index contributed by atoms with van der Waals surface area (Å²) >= 11 is 0. The maximum atomic E-state index is 6.02. The first-order valence-corrected chi connectivity index (χ1v) is 8.25. The van der Waals surface area contributed by atoms with Gasteiger partial charge in [-0.1, -0.05) is 18.2 Å². The molecule has 2 aromatic carbocycles. The molecule has 0 radical (unpaired) electrons. The molecule has 0 spiro atoms. The zero-order valence-corrected chi connectivity index (χ0v) is 14.9. The van der Waals surface area contributed by atoms with Gasteiger partial charge < -0.3 is 19.9 Å². The quantitative estimate of drug-likeness (QED) is 0.801. The Morgan fingerprint density at radius 1 is 0.958 bits per heavy atom. The fourth-order valence-corrected chi connectivity index (χ4v) is 2.71. The first-order valence-electron chi connectivity index (χ1n) is 8.25. The molecule has 1 atom stereocenters. The molecule has 0 saturated heterocycles. The highest BCUT2D eigenvalue weighted by Crippen LogP contribution is 2.31. The largest absolute Gasteiger partial charge is 0.497 e. The highest BCUT2D eigenvalue weighted by atomic mass is 16.5. The molecule has 4 nitrogen and oxygen atoms in total. The van der Waals surface area contributed by atoms with Crippen LogP contribution in [0.25, 0.3) is 0 Å². The molecule has 0 aliphatic rings. The van der Waals surface area contributed by atoms with E-state index in [-0.39, 0.29) is 12.0 Å². The van der Waals surface area contributed by atoms with Crippen molar-refractivity contribution in [1.29, 1.82) is 0 Å². The molecule has 0 aliphatic carbocycles. The van der Waals surface area contributed by atoms with Gasteiger partial charge in [0.1, 0.15) is 5.75 Å². The highest BCUT2D eigenvalue weighted by Gasteiger charge is 2.14. The Bertz CT molecular complexity index is 655. The van der Waals surface area contributed by atoms with Gasteiger partial charge in [-0.05, 0) is 62.2 Å². The number of hydrogen-bond donors (Lipinski definition) is 1. The van der Waals surface area contributed by atoms with E-state index in [1.165, 1.54) is 11.1 Å². The lowest BCUT2D eigenvalue weighted by Crippen LogP contribution is -2.15. The lowest BCUT2D eigenvalue weighted by atomic mass is 9.92. The predicted octanol–water partition coefficient (Wildman–Crippen LogP) is 3.78. The molecule has 0 aliphatic heterocycles. The van der Waals surface area contributed by atoms with Crippen LogP contribution in [-0.2, 0) is 6.42 Å². The molecule has 2 aromatic rings. The molecule has 4 heteroatoms. The van der Waals surface area contributed by atoms with Crippen molar-refractivity contribution in [3.8, 4) is 17.2 Å². The zero-order valence-electron chi connectivity index (χ0n) is 14.9. The van der Waals surface area contributed by atoms with Crippen LogP contribution in [0.5, 0.6) is 17.2 Å².